The highest BCUT2D eigenvalue weighted by Gasteiger charge is 2.53. The van der Waals surface area contributed by atoms with Crippen molar-refractivity contribution < 1.29 is 33.4 Å². The van der Waals surface area contributed by atoms with E-state index in [0.717, 1.165) is 54.4 Å². The Hall–Kier alpha value is -4.68. The first-order chi connectivity index (χ1) is 24.5. The summed E-state index contributed by atoms with van der Waals surface area (Å²) in [4.78, 5) is 52.8. The molecular formula is C32H34ClFN10O5S2. The minimum absolute atomic E-state index is 0.163. The number of β-lactam (4-membered cyclic amide) rings is 1. The molecule has 3 aromatic rings. The number of thioether (sulfide) groups is 1. The van der Waals surface area contributed by atoms with Gasteiger partial charge in [-0.2, -0.15) is 0 Å². The number of carbonyl (C=O) groups excluding carboxylic acids is 3. The van der Waals surface area contributed by atoms with Crippen molar-refractivity contribution in [2.24, 2.45) is 5.16 Å². The fraction of sp³-hybridized carbons (Fsp3) is 0.406. The van der Waals surface area contributed by atoms with Gasteiger partial charge in [0.2, 0.25) is 0 Å². The molecule has 0 bridgehead atoms. The number of carboxylic acid groups (broad SMARTS) is 1. The zero-order valence-corrected chi connectivity index (χ0v) is 29.8. The average molecular weight is 757 g/mol. The SMILES string of the molecule is CO/N=C(\C(=O)N[C@@H]1C(=O)N2C(C(=O)[O-])=C(C[n+]3ccc4n3CCN4Cc3c(F)cc(C(=N)N4CCCCC4)cc3Cl)CS[C@H]12)c1csc(N)n1. The number of halogens is 2. The number of anilines is 2. The number of aromatic nitrogens is 3. The fourth-order valence-electron chi connectivity index (χ4n) is 6.86. The number of amidine groups is 1. The van der Waals surface area contributed by atoms with Crippen molar-refractivity contribution >= 4 is 75.0 Å². The number of nitrogens with two attached hydrogens (primary N) is 1. The number of fused-ring (bicyclic) bond motifs is 2. The second-order valence-electron chi connectivity index (χ2n) is 12.4. The second-order valence-corrected chi connectivity index (χ2v) is 14.8. The maximum atomic E-state index is 15.5. The molecule has 268 valence electrons. The molecule has 2 fully saturated rings. The minimum atomic E-state index is -1.50. The molecule has 4 aliphatic heterocycles. The van der Waals surface area contributed by atoms with Gasteiger partial charge in [-0.15, -0.1) is 32.5 Å². The molecule has 4 aliphatic rings. The van der Waals surface area contributed by atoms with E-state index >= 15 is 4.39 Å². The van der Waals surface area contributed by atoms with Crippen molar-refractivity contribution in [3.05, 3.63) is 68.7 Å². The van der Waals surface area contributed by atoms with Gasteiger partial charge in [-0.25, -0.2) is 9.37 Å². The van der Waals surface area contributed by atoms with Crippen LogP contribution in [0.3, 0.4) is 0 Å². The quantitative estimate of drug-likeness (QED) is 0.0882. The third kappa shape index (κ3) is 6.51. The van der Waals surface area contributed by atoms with Crippen molar-refractivity contribution in [3.63, 3.8) is 0 Å². The standard InChI is InChI=1S/C32H34ClFN10O5S2/c1-49-39-24(22-16-51-32(36)37-22)28(45)38-25-29(46)44-26(31(47)48)18(15-50-30(25)44)13-42-8-5-23-41(9-10-43(23)42)14-19-20(33)11-17(12-21(19)34)27(35)40-6-3-2-4-7-40/h5,8,11-12,16,25,30,35H,2-4,6-7,9-10,13-15H2,1H3,(H3-,36,37,38,45,47,48)/b35-27?,39-24-/t25-,30-/m1/s1. The Morgan fingerprint density at radius 3 is 2.73 bits per heavy atom. The maximum absolute atomic E-state index is 15.5. The number of likely N-dealkylation sites (tertiary alicyclic amines) is 1. The Labute approximate surface area is 304 Å². The Bertz CT molecular complexity index is 1970. The van der Waals surface area contributed by atoms with E-state index in [1.807, 2.05) is 31.4 Å². The number of amides is 2. The molecule has 2 atom stereocenters. The number of oxime groups is 1. The van der Waals surface area contributed by atoms with Crippen LogP contribution in [-0.2, 0) is 38.9 Å². The Balaban J connectivity index is 1.04. The van der Waals surface area contributed by atoms with Crippen molar-refractivity contribution in [1.29, 1.82) is 5.41 Å². The van der Waals surface area contributed by atoms with Crippen molar-refractivity contribution in [2.75, 3.05) is 43.1 Å². The van der Waals surface area contributed by atoms with Crippen LogP contribution in [-0.4, -0.2) is 92.7 Å². The largest absolute Gasteiger partial charge is 0.543 e. The topological polar surface area (TPSA) is 189 Å². The van der Waals surface area contributed by atoms with Crippen LogP contribution in [0.2, 0.25) is 5.02 Å². The number of hydrogen-bond acceptors (Lipinski definition) is 12. The second kappa shape index (κ2) is 14.1. The molecule has 19 heteroatoms. The van der Waals surface area contributed by atoms with Gasteiger partial charge < -0.3 is 35.6 Å². The Kier molecular flexibility index (Phi) is 9.64. The summed E-state index contributed by atoms with van der Waals surface area (Å²) < 4.78 is 19.3. The van der Waals surface area contributed by atoms with Crippen LogP contribution >= 0.6 is 34.7 Å². The predicted octanol–water partition coefficient (Wildman–Crippen LogP) is 0.893. The summed E-state index contributed by atoms with van der Waals surface area (Å²) >= 11 is 9.04. The van der Waals surface area contributed by atoms with Gasteiger partial charge in [0.25, 0.3) is 11.8 Å². The van der Waals surface area contributed by atoms with Crippen LogP contribution in [0.1, 0.15) is 36.1 Å². The summed E-state index contributed by atoms with van der Waals surface area (Å²) in [5.41, 5.74) is 6.74. The minimum Gasteiger partial charge on any atom is -0.543 e. The van der Waals surface area contributed by atoms with Gasteiger partial charge in [0.1, 0.15) is 35.9 Å². The molecule has 2 aromatic heterocycles. The van der Waals surface area contributed by atoms with Crippen LogP contribution < -0.4 is 25.7 Å². The summed E-state index contributed by atoms with van der Waals surface area (Å²) in [6.45, 7) is 3.03. The Morgan fingerprint density at radius 1 is 1.25 bits per heavy atom. The molecule has 0 radical (unpaired) electrons. The van der Waals surface area contributed by atoms with Crippen LogP contribution in [0, 0.1) is 11.2 Å². The molecule has 7 rings (SSSR count). The van der Waals surface area contributed by atoms with Crippen LogP contribution in [0.25, 0.3) is 0 Å². The molecular weight excluding hydrogens is 723 g/mol. The van der Waals surface area contributed by atoms with Crippen LogP contribution in [0.4, 0.5) is 15.3 Å². The molecule has 0 unspecified atom stereocenters. The van der Waals surface area contributed by atoms with Crippen molar-refractivity contribution in [3.8, 4) is 0 Å². The number of hydrogen-bond donors (Lipinski definition) is 3. The molecule has 6 heterocycles. The average Bonchev–Trinajstić information content (AvgIpc) is 3.85. The van der Waals surface area contributed by atoms with Gasteiger partial charge in [-0.3, -0.25) is 19.9 Å². The van der Waals surface area contributed by atoms with E-state index in [1.54, 1.807) is 6.07 Å². The van der Waals surface area contributed by atoms with E-state index in [9.17, 15) is 19.5 Å². The molecule has 0 aliphatic carbocycles. The van der Waals surface area contributed by atoms with E-state index in [-0.39, 0.29) is 51.9 Å². The summed E-state index contributed by atoms with van der Waals surface area (Å²) in [6, 6.07) is 3.90. The number of nitrogen functional groups attached to an aromatic ring is 1. The van der Waals surface area contributed by atoms with E-state index in [1.165, 1.54) is 30.3 Å². The lowest BCUT2D eigenvalue weighted by atomic mass is 10.0. The lowest BCUT2D eigenvalue weighted by Crippen LogP contribution is -2.71. The first-order valence-electron chi connectivity index (χ1n) is 16.2. The third-order valence-electron chi connectivity index (χ3n) is 9.35. The smallest absolute Gasteiger partial charge is 0.276 e. The number of aliphatic carboxylic acids is 1. The Morgan fingerprint density at radius 2 is 2.04 bits per heavy atom. The molecule has 51 heavy (non-hydrogen) atoms. The molecule has 1 aromatic carbocycles. The predicted molar refractivity (Wildman–Crippen MR) is 186 cm³/mol. The zero-order chi connectivity index (χ0) is 36.0. The number of carboxylic acids is 1. The van der Waals surface area contributed by atoms with Gasteiger partial charge in [-0.05, 0) is 31.4 Å². The molecule has 0 saturated carbocycles. The fourth-order valence-corrected chi connectivity index (χ4v) is 9.01. The molecule has 4 N–H and O–H groups in total. The van der Waals surface area contributed by atoms with Gasteiger partial charge >= 0.3 is 0 Å². The number of thiazole rings is 1. The molecule has 15 nitrogen and oxygen atoms in total. The van der Waals surface area contributed by atoms with Crippen molar-refractivity contribution in [1.82, 2.24) is 24.8 Å². The number of benzene rings is 1. The highest BCUT2D eigenvalue weighted by atomic mass is 35.5. The highest BCUT2D eigenvalue weighted by molar-refractivity contribution is 8.00. The summed E-state index contributed by atoms with van der Waals surface area (Å²) in [5.74, 6) is -1.95. The number of carbonyl (C=O) groups is 3. The monoisotopic (exact) mass is 756 g/mol. The van der Waals surface area contributed by atoms with E-state index in [2.05, 4.69) is 15.5 Å². The first kappa shape index (κ1) is 34.8. The highest BCUT2D eigenvalue weighted by Crippen LogP contribution is 2.40. The summed E-state index contributed by atoms with van der Waals surface area (Å²) in [7, 11) is 1.27. The van der Waals surface area contributed by atoms with E-state index < -0.39 is 35.0 Å². The molecule has 2 saturated heterocycles. The first-order valence-corrected chi connectivity index (χ1v) is 18.5. The summed E-state index contributed by atoms with van der Waals surface area (Å²) in [6.07, 6.45) is 4.95. The molecule has 0 spiro atoms. The third-order valence-corrected chi connectivity index (χ3v) is 11.7. The van der Waals surface area contributed by atoms with E-state index in [0.29, 0.717) is 29.8 Å². The summed E-state index contributed by atoms with van der Waals surface area (Å²) in [5, 5.41) is 28.7. The van der Waals surface area contributed by atoms with Gasteiger partial charge in [-0.1, -0.05) is 16.8 Å². The number of rotatable bonds is 10. The van der Waals surface area contributed by atoms with Crippen LogP contribution in [0.15, 0.2) is 46.2 Å². The number of piperidine rings is 1. The van der Waals surface area contributed by atoms with Gasteiger partial charge in [0.15, 0.2) is 29.4 Å². The van der Waals surface area contributed by atoms with Crippen LogP contribution in [0.5, 0.6) is 0 Å². The normalized spacial score (nSPS) is 20.3. The van der Waals surface area contributed by atoms with Gasteiger partial charge in [0, 0.05) is 59.0 Å². The number of nitrogens with zero attached hydrogens (tertiary/aromatic N) is 7. The van der Waals surface area contributed by atoms with Crippen molar-refractivity contribution in [2.45, 2.75) is 50.3 Å². The zero-order valence-electron chi connectivity index (χ0n) is 27.4. The van der Waals surface area contributed by atoms with E-state index in [4.69, 9.17) is 27.6 Å². The number of nitrogens with one attached hydrogen (secondary N) is 2. The maximum Gasteiger partial charge on any atom is 0.276 e. The molecule has 2 amide bonds. The lowest BCUT2D eigenvalue weighted by molar-refractivity contribution is -0.766. The van der Waals surface area contributed by atoms with Gasteiger partial charge in [0.05, 0.1) is 24.3 Å². The lowest BCUT2D eigenvalue weighted by Gasteiger charge is -2.50.